The second-order valence-corrected chi connectivity index (χ2v) is 4.62. The van der Waals surface area contributed by atoms with Gasteiger partial charge < -0.3 is 15.3 Å². The van der Waals surface area contributed by atoms with Gasteiger partial charge >= 0.3 is 0 Å². The van der Waals surface area contributed by atoms with Gasteiger partial charge in [-0.3, -0.25) is 0 Å². The Bertz CT molecular complexity index is 456. The number of aryl methyl sites for hydroxylation is 1. The van der Waals surface area contributed by atoms with Gasteiger partial charge in [-0.05, 0) is 24.5 Å². The van der Waals surface area contributed by atoms with Gasteiger partial charge in [0.2, 0.25) is 0 Å². The summed E-state index contributed by atoms with van der Waals surface area (Å²) in [6.07, 6.45) is 1.79. The first-order valence-corrected chi connectivity index (χ1v) is 5.81. The summed E-state index contributed by atoms with van der Waals surface area (Å²) in [5.74, 6) is 0. The lowest BCUT2D eigenvalue weighted by Gasteiger charge is -2.22. The van der Waals surface area contributed by atoms with Crippen LogP contribution in [0.15, 0.2) is 23.1 Å². The van der Waals surface area contributed by atoms with Crippen LogP contribution in [0.4, 0.5) is 5.69 Å². The maximum Gasteiger partial charge on any atom is 0.126 e. The summed E-state index contributed by atoms with van der Waals surface area (Å²) >= 11 is 0. The van der Waals surface area contributed by atoms with Gasteiger partial charge in [0.1, 0.15) is 10.1 Å². The molecule has 0 fully saturated rings. The van der Waals surface area contributed by atoms with Crippen LogP contribution in [-0.4, -0.2) is 25.0 Å². The second-order valence-electron chi connectivity index (χ2n) is 3.27. The molecule has 0 bridgehead atoms. The van der Waals surface area contributed by atoms with Crippen molar-refractivity contribution in [2.24, 2.45) is 0 Å². The van der Waals surface area contributed by atoms with Crippen molar-refractivity contribution in [1.82, 2.24) is 0 Å². The number of fused-ring (bicyclic) bond motifs is 1. The average Bonchev–Trinajstić information content (AvgIpc) is 2.15. The van der Waals surface area contributed by atoms with Gasteiger partial charge in [-0.1, -0.05) is 19.6 Å². The molecule has 0 atom stereocenters. The fourth-order valence-electron chi connectivity index (χ4n) is 1.69. The van der Waals surface area contributed by atoms with E-state index in [4.69, 9.17) is 0 Å². The first-order chi connectivity index (χ1) is 6.59. The number of para-hydroxylation sites is 1. The molecule has 16 heavy (non-hydrogen) atoms. The van der Waals surface area contributed by atoms with Crippen molar-refractivity contribution in [3.8, 4) is 0 Å². The zero-order chi connectivity index (χ0) is 10.2. The molecule has 1 aliphatic heterocycles. The van der Waals surface area contributed by atoms with E-state index in [0.717, 1.165) is 24.9 Å². The number of rotatable bonds is 1. The standard InChI is InChI=1S/C9H11NO3S.CH4.H2O/c11-14(12,13)8-5-1-3-7-4-2-6-10-9(7)8;;/h1,3,5,10H,2,4,6H2,(H,11,12,13);1H4;1H2/p-1. The molecule has 92 valence electrons. The molecule has 5 nitrogen and oxygen atoms in total. The molecular weight excluding hydrogens is 230 g/mol. The first kappa shape index (κ1) is 14.9. The van der Waals surface area contributed by atoms with Gasteiger partial charge in [0.05, 0.1) is 10.6 Å². The third kappa shape index (κ3) is 2.72. The van der Waals surface area contributed by atoms with E-state index in [9.17, 15) is 13.0 Å². The fourth-order valence-corrected chi connectivity index (χ4v) is 2.38. The lowest BCUT2D eigenvalue weighted by molar-refractivity contribution is 0.463. The Morgan fingerprint density at radius 2 is 2.00 bits per heavy atom. The Hall–Kier alpha value is -1.11. The van der Waals surface area contributed by atoms with E-state index in [0.29, 0.717) is 5.69 Å². The molecule has 2 rings (SSSR count). The molecular formula is C10H16NO4S-. The third-order valence-electron chi connectivity index (χ3n) is 2.31. The fraction of sp³-hybridized carbons (Fsp3) is 0.400. The van der Waals surface area contributed by atoms with Crippen LogP contribution in [0.1, 0.15) is 19.4 Å². The Morgan fingerprint density at radius 1 is 1.31 bits per heavy atom. The van der Waals surface area contributed by atoms with Crippen LogP contribution < -0.4 is 5.32 Å². The summed E-state index contributed by atoms with van der Waals surface area (Å²) < 4.78 is 32.7. The predicted molar refractivity (Wildman–Crippen MR) is 61.6 cm³/mol. The van der Waals surface area contributed by atoms with Crippen molar-refractivity contribution in [1.29, 1.82) is 0 Å². The van der Waals surface area contributed by atoms with E-state index in [1.54, 1.807) is 6.07 Å². The van der Waals surface area contributed by atoms with Crippen LogP contribution in [0.2, 0.25) is 0 Å². The third-order valence-corrected chi connectivity index (χ3v) is 3.19. The molecule has 0 amide bonds. The van der Waals surface area contributed by atoms with Crippen LogP contribution in [0.3, 0.4) is 0 Å². The molecule has 0 saturated carbocycles. The maximum atomic E-state index is 10.9. The number of hydrogen-bond acceptors (Lipinski definition) is 4. The molecule has 6 heteroatoms. The summed E-state index contributed by atoms with van der Waals surface area (Å²) in [5.41, 5.74) is 1.40. The van der Waals surface area contributed by atoms with E-state index in [2.05, 4.69) is 5.32 Å². The molecule has 0 aromatic heterocycles. The van der Waals surface area contributed by atoms with Crippen molar-refractivity contribution in [3.05, 3.63) is 23.8 Å². The van der Waals surface area contributed by atoms with Crippen LogP contribution in [-0.2, 0) is 16.5 Å². The Balaban J connectivity index is 0.00000112. The maximum absolute atomic E-state index is 10.9. The number of nitrogens with one attached hydrogen (secondary N) is 1. The van der Waals surface area contributed by atoms with E-state index >= 15 is 0 Å². The molecule has 1 heterocycles. The number of benzene rings is 1. The SMILES string of the molecule is C.O.O=S(=O)([O-])c1cccc2c1NCCC2. The highest BCUT2D eigenvalue weighted by atomic mass is 32.2. The molecule has 1 aromatic carbocycles. The Labute approximate surface area is 95.6 Å². The Kier molecular flexibility index (Phi) is 4.92. The topological polar surface area (TPSA) is 101 Å². The van der Waals surface area contributed by atoms with Crippen molar-refractivity contribution in [2.75, 3.05) is 11.9 Å². The van der Waals surface area contributed by atoms with E-state index in [1.807, 2.05) is 6.07 Å². The molecule has 0 saturated heterocycles. The normalized spacial score (nSPS) is 13.8. The van der Waals surface area contributed by atoms with Crippen molar-refractivity contribution >= 4 is 15.8 Å². The van der Waals surface area contributed by atoms with Crippen LogP contribution in [0.25, 0.3) is 0 Å². The molecule has 3 N–H and O–H groups in total. The zero-order valence-electron chi connectivity index (χ0n) is 7.99. The van der Waals surface area contributed by atoms with Gasteiger partial charge in [-0.15, -0.1) is 0 Å². The highest BCUT2D eigenvalue weighted by Crippen LogP contribution is 2.28. The summed E-state index contributed by atoms with van der Waals surface area (Å²) in [7, 11) is -4.36. The van der Waals surface area contributed by atoms with E-state index < -0.39 is 10.1 Å². The van der Waals surface area contributed by atoms with Crippen molar-refractivity contribution in [3.63, 3.8) is 0 Å². The monoisotopic (exact) mass is 246 g/mol. The van der Waals surface area contributed by atoms with Gasteiger partial charge in [0, 0.05) is 6.54 Å². The summed E-state index contributed by atoms with van der Waals surface area (Å²) in [6.45, 7) is 0.722. The summed E-state index contributed by atoms with van der Waals surface area (Å²) in [6, 6.07) is 4.80. The quantitative estimate of drug-likeness (QED) is 0.739. The van der Waals surface area contributed by atoms with Gasteiger partial charge in [-0.25, -0.2) is 8.42 Å². The average molecular weight is 246 g/mol. The minimum absolute atomic E-state index is 0. The molecule has 0 radical (unpaired) electrons. The minimum Gasteiger partial charge on any atom is -0.744 e. The smallest absolute Gasteiger partial charge is 0.126 e. The van der Waals surface area contributed by atoms with Crippen molar-refractivity contribution in [2.45, 2.75) is 25.2 Å². The Morgan fingerprint density at radius 3 is 2.62 bits per heavy atom. The summed E-state index contributed by atoms with van der Waals surface area (Å²) in [4.78, 5) is -0.130. The lowest BCUT2D eigenvalue weighted by atomic mass is 10.0. The van der Waals surface area contributed by atoms with Crippen LogP contribution >= 0.6 is 0 Å². The minimum atomic E-state index is -4.36. The highest BCUT2D eigenvalue weighted by molar-refractivity contribution is 7.86. The molecule has 1 aliphatic rings. The predicted octanol–water partition coefficient (Wildman–Crippen LogP) is 0.760. The molecule has 1 aromatic rings. The highest BCUT2D eigenvalue weighted by Gasteiger charge is 2.15. The van der Waals surface area contributed by atoms with E-state index in [1.165, 1.54) is 6.07 Å². The molecule has 0 spiro atoms. The molecule has 0 unspecified atom stereocenters. The van der Waals surface area contributed by atoms with Gasteiger partial charge in [0.25, 0.3) is 0 Å². The van der Waals surface area contributed by atoms with Crippen LogP contribution in [0, 0.1) is 0 Å². The first-order valence-electron chi connectivity index (χ1n) is 4.41. The lowest BCUT2D eigenvalue weighted by Crippen LogP contribution is -2.15. The largest absolute Gasteiger partial charge is 0.744 e. The number of anilines is 1. The van der Waals surface area contributed by atoms with Gasteiger partial charge in [0.15, 0.2) is 0 Å². The number of hydrogen-bond donors (Lipinski definition) is 1. The van der Waals surface area contributed by atoms with Gasteiger partial charge in [-0.2, -0.15) is 0 Å². The van der Waals surface area contributed by atoms with Crippen molar-refractivity contribution < 1.29 is 18.4 Å². The van der Waals surface area contributed by atoms with Crippen LogP contribution in [0.5, 0.6) is 0 Å². The summed E-state index contributed by atoms with van der Waals surface area (Å²) in [5, 5.41) is 2.96. The zero-order valence-corrected chi connectivity index (χ0v) is 8.80. The molecule has 0 aliphatic carbocycles. The van der Waals surface area contributed by atoms with E-state index in [-0.39, 0.29) is 17.8 Å². The second kappa shape index (κ2) is 5.29.